The molecule has 1 saturated heterocycles. The van der Waals surface area contributed by atoms with Crippen LogP contribution in [0, 0.1) is 0 Å². The van der Waals surface area contributed by atoms with Gasteiger partial charge in [0.25, 0.3) is 11.8 Å². The molecule has 1 fully saturated rings. The van der Waals surface area contributed by atoms with E-state index in [2.05, 4.69) is 54.9 Å². The molecule has 1 aliphatic rings. The van der Waals surface area contributed by atoms with Crippen LogP contribution >= 0.6 is 22.9 Å². The second-order valence-corrected chi connectivity index (χ2v) is 9.06. The predicted octanol–water partition coefficient (Wildman–Crippen LogP) is 3.39. The first-order valence-corrected chi connectivity index (χ1v) is 12.0. The zero-order valence-electron chi connectivity index (χ0n) is 18.0. The van der Waals surface area contributed by atoms with Gasteiger partial charge in [0.05, 0.1) is 0 Å². The SMILES string of the molecule is O=C(NCCCN1CCN(c2ccccc2)CC1)c1nnc(C(=O)Nc2cccc(Cl)c2)s1. The molecule has 4 rings (SSSR count). The van der Waals surface area contributed by atoms with Crippen LogP contribution in [0.15, 0.2) is 54.6 Å². The Hall–Kier alpha value is -3.01. The van der Waals surface area contributed by atoms with Crippen molar-refractivity contribution in [3.63, 3.8) is 0 Å². The molecule has 0 atom stereocenters. The van der Waals surface area contributed by atoms with Crippen molar-refractivity contribution in [3.05, 3.63) is 69.6 Å². The number of carbonyl (C=O) groups is 2. The van der Waals surface area contributed by atoms with Crippen molar-refractivity contribution in [1.29, 1.82) is 0 Å². The number of nitrogens with zero attached hydrogens (tertiary/aromatic N) is 4. The minimum absolute atomic E-state index is 0.122. The molecular weight excluding hydrogens is 460 g/mol. The second-order valence-electron chi connectivity index (χ2n) is 7.65. The van der Waals surface area contributed by atoms with Gasteiger partial charge in [0, 0.05) is 49.1 Å². The molecule has 2 heterocycles. The lowest BCUT2D eigenvalue weighted by atomic mass is 10.2. The van der Waals surface area contributed by atoms with Crippen LogP contribution in [0.3, 0.4) is 0 Å². The summed E-state index contributed by atoms with van der Waals surface area (Å²) in [6, 6.07) is 17.3. The molecule has 0 radical (unpaired) electrons. The Bertz CT molecular complexity index is 1090. The van der Waals surface area contributed by atoms with Crippen molar-refractivity contribution in [2.24, 2.45) is 0 Å². The summed E-state index contributed by atoms with van der Waals surface area (Å²) in [5.41, 5.74) is 1.82. The normalized spacial score (nSPS) is 14.2. The number of anilines is 2. The maximum atomic E-state index is 12.4. The summed E-state index contributed by atoms with van der Waals surface area (Å²) in [6.07, 6.45) is 0.845. The second kappa shape index (κ2) is 11.2. The van der Waals surface area contributed by atoms with Crippen LogP contribution in [0.25, 0.3) is 0 Å². The number of amides is 2. The fraction of sp³-hybridized carbons (Fsp3) is 0.304. The lowest BCUT2D eigenvalue weighted by molar-refractivity contribution is 0.0949. The fourth-order valence-corrected chi connectivity index (χ4v) is 4.45. The molecule has 0 bridgehead atoms. The number of hydrogen-bond acceptors (Lipinski definition) is 7. The van der Waals surface area contributed by atoms with Gasteiger partial charge in [-0.3, -0.25) is 14.5 Å². The molecule has 1 aromatic heterocycles. The van der Waals surface area contributed by atoms with Crippen molar-refractivity contribution in [3.8, 4) is 0 Å². The number of carbonyl (C=O) groups excluding carboxylic acids is 2. The molecule has 172 valence electrons. The van der Waals surface area contributed by atoms with Gasteiger partial charge < -0.3 is 15.5 Å². The maximum absolute atomic E-state index is 12.4. The summed E-state index contributed by atoms with van der Waals surface area (Å²) in [6.45, 7) is 5.48. The van der Waals surface area contributed by atoms with E-state index < -0.39 is 5.91 Å². The number of rotatable bonds is 8. The highest BCUT2D eigenvalue weighted by Crippen LogP contribution is 2.18. The van der Waals surface area contributed by atoms with E-state index >= 15 is 0 Å². The largest absolute Gasteiger partial charge is 0.369 e. The van der Waals surface area contributed by atoms with Gasteiger partial charge in [-0.1, -0.05) is 47.2 Å². The van der Waals surface area contributed by atoms with Gasteiger partial charge in [0.15, 0.2) is 0 Å². The molecule has 3 aromatic rings. The minimum atomic E-state index is -0.427. The van der Waals surface area contributed by atoms with E-state index in [1.54, 1.807) is 24.3 Å². The number of halogens is 1. The number of hydrogen-bond donors (Lipinski definition) is 2. The lowest BCUT2D eigenvalue weighted by Gasteiger charge is -2.36. The van der Waals surface area contributed by atoms with E-state index in [1.165, 1.54) is 5.69 Å². The summed E-state index contributed by atoms with van der Waals surface area (Å²) < 4.78 is 0. The Labute approximate surface area is 201 Å². The Kier molecular flexibility index (Phi) is 7.87. The van der Waals surface area contributed by atoms with Gasteiger partial charge in [0.1, 0.15) is 0 Å². The Balaban J connectivity index is 1.16. The molecule has 2 aromatic carbocycles. The van der Waals surface area contributed by atoms with E-state index in [9.17, 15) is 9.59 Å². The van der Waals surface area contributed by atoms with Crippen molar-refractivity contribution in [2.45, 2.75) is 6.42 Å². The van der Waals surface area contributed by atoms with Gasteiger partial charge in [-0.15, -0.1) is 10.2 Å². The molecule has 10 heteroatoms. The molecule has 8 nitrogen and oxygen atoms in total. The van der Waals surface area contributed by atoms with Crippen molar-refractivity contribution >= 4 is 46.1 Å². The molecule has 33 heavy (non-hydrogen) atoms. The summed E-state index contributed by atoms with van der Waals surface area (Å²) in [5, 5.41) is 14.1. The lowest BCUT2D eigenvalue weighted by Crippen LogP contribution is -2.47. The highest BCUT2D eigenvalue weighted by molar-refractivity contribution is 7.15. The number of para-hydroxylation sites is 1. The first-order chi connectivity index (χ1) is 16.1. The fourth-order valence-electron chi connectivity index (χ4n) is 3.61. The van der Waals surface area contributed by atoms with E-state index in [-0.39, 0.29) is 15.9 Å². The van der Waals surface area contributed by atoms with Gasteiger partial charge in [-0.2, -0.15) is 0 Å². The van der Waals surface area contributed by atoms with Crippen LogP contribution in [0.2, 0.25) is 5.02 Å². The Morgan fingerprint density at radius 2 is 1.67 bits per heavy atom. The van der Waals surface area contributed by atoms with Crippen LogP contribution in [0.5, 0.6) is 0 Å². The number of aromatic nitrogens is 2. The van der Waals surface area contributed by atoms with E-state index in [0.717, 1.165) is 50.5 Å². The molecule has 1 aliphatic heterocycles. The average molecular weight is 485 g/mol. The number of benzene rings is 2. The maximum Gasteiger partial charge on any atom is 0.286 e. The third-order valence-corrected chi connectivity index (χ3v) is 6.48. The quantitative estimate of drug-likeness (QED) is 0.476. The first kappa shape index (κ1) is 23.2. The summed E-state index contributed by atoms with van der Waals surface area (Å²) in [5.74, 6) is -0.744. The predicted molar refractivity (Wildman–Crippen MR) is 131 cm³/mol. The van der Waals surface area contributed by atoms with E-state index in [0.29, 0.717) is 17.3 Å². The van der Waals surface area contributed by atoms with Crippen LogP contribution in [0.1, 0.15) is 26.0 Å². The van der Waals surface area contributed by atoms with Crippen molar-refractivity contribution in [2.75, 3.05) is 49.5 Å². The van der Waals surface area contributed by atoms with Crippen LogP contribution in [0.4, 0.5) is 11.4 Å². The number of piperazine rings is 1. The molecule has 2 amide bonds. The average Bonchev–Trinajstić information content (AvgIpc) is 3.34. The van der Waals surface area contributed by atoms with Gasteiger partial charge in [-0.05, 0) is 43.3 Å². The highest BCUT2D eigenvalue weighted by atomic mass is 35.5. The third-order valence-electron chi connectivity index (χ3n) is 5.33. The van der Waals surface area contributed by atoms with E-state index in [1.807, 2.05) is 6.07 Å². The minimum Gasteiger partial charge on any atom is -0.369 e. The van der Waals surface area contributed by atoms with Gasteiger partial charge in [0.2, 0.25) is 10.0 Å². The third kappa shape index (κ3) is 6.50. The molecule has 2 N–H and O–H groups in total. The zero-order chi connectivity index (χ0) is 23.0. The number of nitrogens with one attached hydrogen (secondary N) is 2. The van der Waals surface area contributed by atoms with Crippen LogP contribution in [-0.2, 0) is 0 Å². The Morgan fingerprint density at radius 3 is 2.39 bits per heavy atom. The first-order valence-electron chi connectivity index (χ1n) is 10.8. The zero-order valence-corrected chi connectivity index (χ0v) is 19.6. The highest BCUT2D eigenvalue weighted by Gasteiger charge is 2.19. The molecule has 0 saturated carbocycles. The summed E-state index contributed by atoms with van der Waals surface area (Å²) in [4.78, 5) is 29.5. The molecule has 0 spiro atoms. The smallest absolute Gasteiger partial charge is 0.286 e. The standard InChI is InChI=1S/C23H25ClN6O2S/c24-17-6-4-7-18(16-17)26-21(32)23-28-27-22(33-23)20(31)25-10-5-11-29-12-14-30(15-13-29)19-8-2-1-3-9-19/h1-4,6-9,16H,5,10-15H2,(H,25,31)(H,26,32). The molecule has 0 aliphatic carbocycles. The van der Waals surface area contributed by atoms with Gasteiger partial charge in [-0.25, -0.2) is 0 Å². The summed E-state index contributed by atoms with van der Waals surface area (Å²) >= 11 is 6.89. The molecule has 0 unspecified atom stereocenters. The van der Waals surface area contributed by atoms with Crippen molar-refractivity contribution < 1.29 is 9.59 Å². The van der Waals surface area contributed by atoms with Crippen molar-refractivity contribution in [1.82, 2.24) is 20.4 Å². The Morgan fingerprint density at radius 1 is 0.939 bits per heavy atom. The van der Waals surface area contributed by atoms with Crippen LogP contribution < -0.4 is 15.5 Å². The van der Waals surface area contributed by atoms with Gasteiger partial charge >= 0.3 is 0 Å². The summed E-state index contributed by atoms with van der Waals surface area (Å²) in [7, 11) is 0. The van der Waals surface area contributed by atoms with Crippen LogP contribution in [-0.4, -0.2) is 66.2 Å². The van der Waals surface area contributed by atoms with E-state index in [4.69, 9.17) is 11.6 Å². The monoisotopic (exact) mass is 484 g/mol. The molecular formula is C23H25ClN6O2S. The topological polar surface area (TPSA) is 90.5 Å².